The summed E-state index contributed by atoms with van der Waals surface area (Å²) in [4.78, 5) is 14.1. The Bertz CT molecular complexity index is 907. The fourth-order valence-corrected chi connectivity index (χ4v) is 3.03. The number of alkyl halides is 3. The molecule has 2 aromatic rings. The molecule has 0 aliphatic heterocycles. The van der Waals surface area contributed by atoms with Crippen LogP contribution in [0.1, 0.15) is 28.9 Å². The van der Waals surface area contributed by atoms with E-state index in [0.717, 1.165) is 24.0 Å². The molecule has 0 aliphatic carbocycles. The van der Waals surface area contributed by atoms with Gasteiger partial charge in [0.25, 0.3) is 5.91 Å². The third-order valence-electron chi connectivity index (χ3n) is 4.03. The molecule has 0 radical (unpaired) electrons. The molecule has 9 heteroatoms. The van der Waals surface area contributed by atoms with Gasteiger partial charge in [-0.25, -0.2) is 8.42 Å². The summed E-state index contributed by atoms with van der Waals surface area (Å²) >= 11 is 0. The van der Waals surface area contributed by atoms with Gasteiger partial charge < -0.3 is 9.64 Å². The maximum atomic E-state index is 12.5. The molecular formula is C18H18F3NO4S. The maximum absolute atomic E-state index is 12.5. The quantitative estimate of drug-likeness (QED) is 0.764. The number of rotatable bonds is 5. The van der Waals surface area contributed by atoms with E-state index in [9.17, 15) is 26.4 Å². The molecule has 0 N–H and O–H groups in total. The van der Waals surface area contributed by atoms with E-state index in [1.165, 1.54) is 29.2 Å². The molecule has 0 aromatic heterocycles. The van der Waals surface area contributed by atoms with Crippen LogP contribution in [0, 0.1) is 0 Å². The molecule has 0 aliphatic rings. The fraction of sp³-hybridized carbons (Fsp3) is 0.278. The molecule has 1 amide bonds. The van der Waals surface area contributed by atoms with Crippen LogP contribution < -0.4 is 4.74 Å². The summed E-state index contributed by atoms with van der Waals surface area (Å²) in [6.07, 6.45) is -3.69. The Kier molecular flexibility index (Phi) is 5.84. The monoisotopic (exact) mass is 401 g/mol. The highest BCUT2D eigenvalue weighted by molar-refractivity contribution is 7.90. The second kappa shape index (κ2) is 7.59. The van der Waals surface area contributed by atoms with Gasteiger partial charge in [-0.1, -0.05) is 12.1 Å². The zero-order valence-corrected chi connectivity index (χ0v) is 15.6. The van der Waals surface area contributed by atoms with Crippen LogP contribution in [-0.2, 0) is 9.84 Å². The average molecular weight is 401 g/mol. The van der Waals surface area contributed by atoms with Gasteiger partial charge in [-0.3, -0.25) is 4.79 Å². The minimum Gasteiger partial charge on any atom is -0.406 e. The van der Waals surface area contributed by atoms with Crippen molar-refractivity contribution >= 4 is 15.7 Å². The van der Waals surface area contributed by atoms with E-state index in [-0.39, 0.29) is 16.5 Å². The number of nitrogens with zero attached hydrogens (tertiary/aromatic N) is 1. The van der Waals surface area contributed by atoms with E-state index in [1.54, 1.807) is 26.1 Å². The van der Waals surface area contributed by atoms with Crippen LogP contribution in [0.4, 0.5) is 13.2 Å². The van der Waals surface area contributed by atoms with Crippen LogP contribution in [0.15, 0.2) is 53.4 Å². The van der Waals surface area contributed by atoms with E-state index in [2.05, 4.69) is 4.74 Å². The smallest absolute Gasteiger partial charge is 0.406 e. The van der Waals surface area contributed by atoms with Crippen LogP contribution in [0.5, 0.6) is 5.75 Å². The van der Waals surface area contributed by atoms with Gasteiger partial charge >= 0.3 is 6.36 Å². The van der Waals surface area contributed by atoms with Crippen LogP contribution in [0.25, 0.3) is 0 Å². The van der Waals surface area contributed by atoms with Crippen LogP contribution in [0.3, 0.4) is 0 Å². The molecule has 5 nitrogen and oxygen atoms in total. The second-order valence-corrected chi connectivity index (χ2v) is 8.02. The summed E-state index contributed by atoms with van der Waals surface area (Å²) in [6.45, 7) is 1.76. The fourth-order valence-electron chi connectivity index (χ4n) is 2.40. The van der Waals surface area contributed by atoms with Gasteiger partial charge in [-0.2, -0.15) is 0 Å². The number of benzene rings is 2. The molecule has 2 aromatic carbocycles. The highest BCUT2D eigenvalue weighted by Crippen LogP contribution is 2.25. The molecule has 0 fully saturated rings. The second-order valence-electron chi connectivity index (χ2n) is 6.01. The van der Waals surface area contributed by atoms with E-state index in [0.29, 0.717) is 0 Å². The molecule has 0 heterocycles. The Morgan fingerprint density at radius 3 is 2.00 bits per heavy atom. The topological polar surface area (TPSA) is 63.7 Å². The predicted molar refractivity (Wildman–Crippen MR) is 93.2 cm³/mol. The van der Waals surface area contributed by atoms with Crippen molar-refractivity contribution in [2.24, 2.45) is 0 Å². The summed E-state index contributed by atoms with van der Waals surface area (Å²) in [5, 5.41) is 0. The molecule has 146 valence electrons. The van der Waals surface area contributed by atoms with Crippen molar-refractivity contribution in [3.8, 4) is 5.75 Å². The summed E-state index contributed by atoms with van der Waals surface area (Å²) < 4.78 is 63.4. The van der Waals surface area contributed by atoms with E-state index >= 15 is 0 Å². The number of hydrogen-bond donors (Lipinski definition) is 0. The zero-order chi connectivity index (χ0) is 20.4. The number of amides is 1. The Morgan fingerprint density at radius 1 is 1.04 bits per heavy atom. The lowest BCUT2D eigenvalue weighted by atomic mass is 10.1. The summed E-state index contributed by atoms with van der Waals surface area (Å²) in [7, 11) is -1.76. The van der Waals surface area contributed by atoms with Gasteiger partial charge in [0.2, 0.25) is 0 Å². The summed E-state index contributed by atoms with van der Waals surface area (Å²) in [6, 6.07) is 10.4. The molecule has 27 heavy (non-hydrogen) atoms. The molecule has 0 saturated carbocycles. The van der Waals surface area contributed by atoms with Gasteiger partial charge in [0.05, 0.1) is 10.9 Å². The Hall–Kier alpha value is -2.55. The van der Waals surface area contributed by atoms with Crippen LogP contribution in [0.2, 0.25) is 0 Å². The summed E-state index contributed by atoms with van der Waals surface area (Å²) in [5.41, 5.74) is 0.918. The molecule has 1 atom stereocenters. The summed E-state index contributed by atoms with van der Waals surface area (Å²) in [5.74, 6) is -0.806. The first kappa shape index (κ1) is 20.8. The van der Waals surface area contributed by atoms with Crippen molar-refractivity contribution < 1.29 is 31.1 Å². The molecule has 2 rings (SSSR count). The first-order valence-corrected chi connectivity index (χ1v) is 9.70. The van der Waals surface area contributed by atoms with Crippen molar-refractivity contribution in [2.75, 3.05) is 13.3 Å². The SMILES string of the molecule is CC(c1ccc(S(C)(=O)=O)cc1)N(C)C(=O)c1ccc(OC(F)(F)F)cc1. The van der Waals surface area contributed by atoms with Gasteiger partial charge in [-0.15, -0.1) is 13.2 Å². The molecule has 0 bridgehead atoms. The van der Waals surface area contributed by atoms with Gasteiger partial charge in [-0.05, 0) is 48.9 Å². The normalized spacial score (nSPS) is 13.1. The number of hydrogen-bond acceptors (Lipinski definition) is 4. The molecular weight excluding hydrogens is 383 g/mol. The minimum absolute atomic E-state index is 0.174. The Morgan fingerprint density at radius 2 is 1.56 bits per heavy atom. The van der Waals surface area contributed by atoms with E-state index < -0.39 is 27.9 Å². The highest BCUT2D eigenvalue weighted by Gasteiger charge is 2.31. The highest BCUT2D eigenvalue weighted by atomic mass is 32.2. The van der Waals surface area contributed by atoms with E-state index in [1.807, 2.05) is 0 Å². The van der Waals surface area contributed by atoms with Crippen LogP contribution >= 0.6 is 0 Å². The lowest BCUT2D eigenvalue weighted by Gasteiger charge is -2.25. The minimum atomic E-state index is -4.80. The maximum Gasteiger partial charge on any atom is 0.573 e. The van der Waals surface area contributed by atoms with Gasteiger partial charge in [0, 0.05) is 18.9 Å². The third-order valence-corrected chi connectivity index (χ3v) is 5.16. The van der Waals surface area contributed by atoms with Gasteiger partial charge in [0.1, 0.15) is 5.75 Å². The third kappa shape index (κ3) is 5.46. The standard InChI is InChI=1S/C18H18F3NO4S/c1-12(13-6-10-16(11-7-13)27(3,24)25)22(2)17(23)14-4-8-15(9-5-14)26-18(19,20)21/h4-12H,1-3H3. The Labute approximate surface area is 155 Å². The number of halogens is 3. The Balaban J connectivity index is 2.14. The molecule has 0 saturated heterocycles. The lowest BCUT2D eigenvalue weighted by molar-refractivity contribution is -0.274. The largest absolute Gasteiger partial charge is 0.573 e. The number of carbonyl (C=O) groups is 1. The van der Waals surface area contributed by atoms with Crippen molar-refractivity contribution in [1.29, 1.82) is 0 Å². The van der Waals surface area contributed by atoms with E-state index in [4.69, 9.17) is 0 Å². The first-order valence-electron chi connectivity index (χ1n) is 7.81. The van der Waals surface area contributed by atoms with Crippen LogP contribution in [-0.4, -0.2) is 38.9 Å². The predicted octanol–water partition coefficient (Wildman–Crippen LogP) is 3.82. The zero-order valence-electron chi connectivity index (χ0n) is 14.8. The van der Waals surface area contributed by atoms with Crippen molar-refractivity contribution in [1.82, 2.24) is 4.90 Å². The van der Waals surface area contributed by atoms with Crippen molar-refractivity contribution in [2.45, 2.75) is 24.2 Å². The first-order chi connectivity index (χ1) is 12.4. The van der Waals surface area contributed by atoms with Crippen molar-refractivity contribution in [3.63, 3.8) is 0 Å². The number of sulfone groups is 1. The molecule has 1 unspecified atom stereocenters. The van der Waals surface area contributed by atoms with Gasteiger partial charge in [0.15, 0.2) is 9.84 Å². The molecule has 0 spiro atoms. The number of carbonyl (C=O) groups excluding carboxylic acids is 1. The van der Waals surface area contributed by atoms with Crippen molar-refractivity contribution in [3.05, 3.63) is 59.7 Å². The average Bonchev–Trinajstić information content (AvgIpc) is 2.58. The lowest BCUT2D eigenvalue weighted by Crippen LogP contribution is -2.29. The number of ether oxygens (including phenoxy) is 1.